The summed E-state index contributed by atoms with van der Waals surface area (Å²) in [6.45, 7) is 0.770. The van der Waals surface area contributed by atoms with Gasteiger partial charge >= 0.3 is 6.36 Å². The molecule has 0 radical (unpaired) electrons. The fourth-order valence-electron chi connectivity index (χ4n) is 2.68. The summed E-state index contributed by atoms with van der Waals surface area (Å²) >= 11 is 0. The Morgan fingerprint density at radius 3 is 2.44 bits per heavy atom. The highest BCUT2D eigenvalue weighted by molar-refractivity contribution is 5.94. The zero-order valence-corrected chi connectivity index (χ0v) is 14.3. The first kappa shape index (κ1) is 18.7. The van der Waals surface area contributed by atoms with Crippen molar-refractivity contribution in [2.24, 2.45) is 0 Å². The highest BCUT2D eigenvalue weighted by atomic mass is 19.4. The van der Waals surface area contributed by atoms with Gasteiger partial charge in [-0.2, -0.15) is 0 Å². The number of hydrogen-bond acceptors (Lipinski definition) is 6. The van der Waals surface area contributed by atoms with E-state index in [4.69, 9.17) is 9.47 Å². The van der Waals surface area contributed by atoms with E-state index in [0.29, 0.717) is 19.5 Å². The summed E-state index contributed by atoms with van der Waals surface area (Å²) in [6.07, 6.45) is -1.53. The van der Waals surface area contributed by atoms with Crippen LogP contribution < -0.4 is 14.2 Å². The second kappa shape index (κ2) is 7.68. The van der Waals surface area contributed by atoms with Crippen LogP contribution >= 0.6 is 0 Å². The molecule has 10 heteroatoms. The molecule has 1 saturated heterocycles. The van der Waals surface area contributed by atoms with Gasteiger partial charge in [0.2, 0.25) is 0 Å². The van der Waals surface area contributed by atoms with Crippen molar-refractivity contribution in [1.82, 2.24) is 14.9 Å². The van der Waals surface area contributed by atoms with E-state index in [1.54, 1.807) is 4.90 Å². The number of methoxy groups -OCH3 is 1. The summed E-state index contributed by atoms with van der Waals surface area (Å²) in [4.78, 5) is 22.1. The molecule has 0 saturated carbocycles. The van der Waals surface area contributed by atoms with Crippen LogP contribution in [0.1, 0.15) is 16.8 Å². The number of hydrogen-bond donors (Lipinski definition) is 0. The molecule has 7 nitrogen and oxygen atoms in total. The predicted molar refractivity (Wildman–Crippen MR) is 86.6 cm³/mol. The van der Waals surface area contributed by atoms with Gasteiger partial charge in [0.1, 0.15) is 11.9 Å². The fourth-order valence-corrected chi connectivity index (χ4v) is 2.68. The van der Waals surface area contributed by atoms with Gasteiger partial charge in [-0.25, -0.2) is 9.97 Å². The summed E-state index contributed by atoms with van der Waals surface area (Å²) < 4.78 is 51.2. The normalized spacial score (nSPS) is 16.9. The summed E-state index contributed by atoms with van der Waals surface area (Å²) in [6, 6.07) is 4.80. The minimum atomic E-state index is -4.77. The van der Waals surface area contributed by atoms with Crippen molar-refractivity contribution < 1.29 is 32.2 Å². The van der Waals surface area contributed by atoms with Gasteiger partial charge in [-0.05, 0) is 24.3 Å². The highest BCUT2D eigenvalue weighted by Gasteiger charge is 2.32. The molecule has 1 aliphatic rings. The van der Waals surface area contributed by atoms with Crippen molar-refractivity contribution in [2.75, 3.05) is 20.2 Å². The van der Waals surface area contributed by atoms with Crippen molar-refractivity contribution in [3.8, 4) is 17.5 Å². The Labute approximate surface area is 152 Å². The first-order valence-corrected chi connectivity index (χ1v) is 8.02. The number of benzene rings is 1. The molecule has 1 aromatic heterocycles. The van der Waals surface area contributed by atoms with Crippen LogP contribution in [0.3, 0.4) is 0 Å². The lowest BCUT2D eigenvalue weighted by atomic mass is 10.2. The number of amides is 1. The monoisotopic (exact) mass is 383 g/mol. The maximum absolute atomic E-state index is 12.5. The van der Waals surface area contributed by atoms with Gasteiger partial charge in [-0.3, -0.25) is 4.79 Å². The number of alkyl halides is 3. The number of likely N-dealkylation sites (tertiary alicyclic amines) is 1. The lowest BCUT2D eigenvalue weighted by Gasteiger charge is -2.17. The molecular formula is C17H16F3N3O4. The second-order valence-corrected chi connectivity index (χ2v) is 5.72. The molecule has 1 aliphatic heterocycles. The molecule has 0 N–H and O–H groups in total. The van der Waals surface area contributed by atoms with E-state index in [-0.39, 0.29) is 35.1 Å². The van der Waals surface area contributed by atoms with Crippen LogP contribution in [0.4, 0.5) is 13.2 Å². The molecule has 2 heterocycles. The molecule has 1 unspecified atom stereocenters. The van der Waals surface area contributed by atoms with Crippen molar-refractivity contribution in [1.29, 1.82) is 0 Å². The Balaban J connectivity index is 1.60. The SMILES string of the molecule is COc1nccnc1OC1CCN(C(=O)c2ccc(OC(F)(F)F)cc2)C1. The maximum atomic E-state index is 12.5. The van der Waals surface area contributed by atoms with E-state index >= 15 is 0 Å². The molecule has 1 fully saturated rings. The molecule has 0 spiro atoms. The third kappa shape index (κ3) is 4.78. The first-order chi connectivity index (χ1) is 12.9. The molecule has 3 rings (SSSR count). The molecule has 1 amide bonds. The summed E-state index contributed by atoms with van der Waals surface area (Å²) in [5.74, 6) is -0.183. The number of rotatable bonds is 5. The molecular weight excluding hydrogens is 367 g/mol. The Bertz CT molecular complexity index is 799. The third-order valence-corrected chi connectivity index (χ3v) is 3.87. The molecule has 2 aromatic rings. The van der Waals surface area contributed by atoms with Crippen LogP contribution in [0.25, 0.3) is 0 Å². The number of halogens is 3. The van der Waals surface area contributed by atoms with E-state index in [1.165, 1.54) is 31.6 Å². The van der Waals surface area contributed by atoms with Gasteiger partial charge in [0, 0.05) is 30.9 Å². The zero-order valence-electron chi connectivity index (χ0n) is 14.3. The van der Waals surface area contributed by atoms with Gasteiger partial charge in [0.15, 0.2) is 0 Å². The van der Waals surface area contributed by atoms with Crippen LogP contribution in [0.2, 0.25) is 0 Å². The van der Waals surface area contributed by atoms with Crippen molar-refractivity contribution >= 4 is 5.91 Å². The van der Waals surface area contributed by atoms with E-state index < -0.39 is 6.36 Å². The molecule has 144 valence electrons. The molecule has 1 atom stereocenters. The van der Waals surface area contributed by atoms with E-state index in [9.17, 15) is 18.0 Å². The van der Waals surface area contributed by atoms with Crippen LogP contribution in [-0.4, -0.2) is 53.4 Å². The van der Waals surface area contributed by atoms with Crippen molar-refractivity contribution in [3.63, 3.8) is 0 Å². The Morgan fingerprint density at radius 1 is 1.15 bits per heavy atom. The summed E-state index contributed by atoms with van der Waals surface area (Å²) in [7, 11) is 1.45. The number of nitrogens with zero attached hydrogens (tertiary/aromatic N) is 3. The maximum Gasteiger partial charge on any atom is 0.573 e. The van der Waals surface area contributed by atoms with E-state index in [2.05, 4.69) is 14.7 Å². The van der Waals surface area contributed by atoms with Gasteiger partial charge in [-0.15, -0.1) is 13.2 Å². The average Bonchev–Trinajstić information content (AvgIpc) is 3.09. The number of ether oxygens (including phenoxy) is 3. The van der Waals surface area contributed by atoms with Gasteiger partial charge in [-0.1, -0.05) is 0 Å². The summed E-state index contributed by atoms with van der Waals surface area (Å²) in [5, 5.41) is 0. The summed E-state index contributed by atoms with van der Waals surface area (Å²) in [5.41, 5.74) is 0.266. The van der Waals surface area contributed by atoms with Crippen LogP contribution in [0, 0.1) is 0 Å². The van der Waals surface area contributed by atoms with Crippen LogP contribution in [0.5, 0.6) is 17.5 Å². The first-order valence-electron chi connectivity index (χ1n) is 8.02. The van der Waals surface area contributed by atoms with E-state index in [1.807, 2.05) is 0 Å². The van der Waals surface area contributed by atoms with Crippen molar-refractivity contribution in [2.45, 2.75) is 18.9 Å². The van der Waals surface area contributed by atoms with Crippen LogP contribution in [-0.2, 0) is 0 Å². The highest BCUT2D eigenvalue weighted by Crippen LogP contribution is 2.26. The smallest absolute Gasteiger partial charge is 0.477 e. The number of carbonyl (C=O) groups excluding carboxylic acids is 1. The Morgan fingerprint density at radius 2 is 1.81 bits per heavy atom. The van der Waals surface area contributed by atoms with Gasteiger partial charge in [0.05, 0.1) is 13.7 Å². The second-order valence-electron chi connectivity index (χ2n) is 5.72. The third-order valence-electron chi connectivity index (χ3n) is 3.87. The topological polar surface area (TPSA) is 73.8 Å². The average molecular weight is 383 g/mol. The van der Waals surface area contributed by atoms with Gasteiger partial charge < -0.3 is 19.1 Å². The predicted octanol–water partition coefficient (Wildman–Crippen LogP) is 2.68. The molecule has 0 aliphatic carbocycles. The Hall–Kier alpha value is -3.04. The quantitative estimate of drug-likeness (QED) is 0.791. The lowest BCUT2D eigenvalue weighted by molar-refractivity contribution is -0.274. The molecule has 0 bridgehead atoms. The zero-order chi connectivity index (χ0) is 19.4. The molecule has 27 heavy (non-hydrogen) atoms. The standard InChI is InChI=1S/C17H16F3N3O4/c1-25-14-15(22-8-7-21-14)26-13-6-9-23(10-13)16(24)11-2-4-12(5-3-11)27-17(18,19)20/h2-5,7-8,13H,6,9-10H2,1H3. The van der Waals surface area contributed by atoms with Crippen molar-refractivity contribution in [3.05, 3.63) is 42.2 Å². The number of carbonyl (C=O) groups is 1. The minimum Gasteiger partial charge on any atom is -0.477 e. The fraction of sp³-hybridized carbons (Fsp3) is 0.353. The lowest BCUT2D eigenvalue weighted by Crippen LogP contribution is -2.31. The largest absolute Gasteiger partial charge is 0.573 e. The number of aromatic nitrogens is 2. The Kier molecular flexibility index (Phi) is 5.33. The van der Waals surface area contributed by atoms with Gasteiger partial charge in [0.25, 0.3) is 17.7 Å². The van der Waals surface area contributed by atoms with Crippen LogP contribution in [0.15, 0.2) is 36.7 Å². The molecule has 1 aromatic carbocycles. The minimum absolute atomic E-state index is 0.243. The van der Waals surface area contributed by atoms with E-state index in [0.717, 1.165) is 12.1 Å².